The van der Waals surface area contributed by atoms with Gasteiger partial charge in [0.25, 0.3) is 0 Å². The van der Waals surface area contributed by atoms with Gasteiger partial charge in [0, 0.05) is 6.42 Å². The van der Waals surface area contributed by atoms with E-state index in [-0.39, 0.29) is 11.1 Å². The molecule has 0 aliphatic heterocycles. The van der Waals surface area contributed by atoms with Gasteiger partial charge in [-0.2, -0.15) is 0 Å². The third kappa shape index (κ3) is 7.84. The van der Waals surface area contributed by atoms with Crippen molar-refractivity contribution < 1.29 is 19.1 Å². The fourth-order valence-corrected chi connectivity index (χ4v) is 4.64. The zero-order valence-electron chi connectivity index (χ0n) is 19.8. The minimum Gasteiger partial charge on any atom is -0.461 e. The van der Waals surface area contributed by atoms with Crippen LogP contribution in [-0.2, 0) is 20.7 Å². The second-order valence-corrected chi connectivity index (χ2v) is 15.8. The van der Waals surface area contributed by atoms with Crippen LogP contribution in [0.3, 0.4) is 0 Å². The summed E-state index contributed by atoms with van der Waals surface area (Å²) < 4.78 is 10.7. The van der Waals surface area contributed by atoms with E-state index < -0.39 is 31.8 Å². The van der Waals surface area contributed by atoms with Gasteiger partial charge in [-0.15, -0.1) is 0 Å². The third-order valence-electron chi connectivity index (χ3n) is 5.29. The van der Waals surface area contributed by atoms with Crippen molar-refractivity contribution in [2.24, 2.45) is 0 Å². The maximum Gasteiger partial charge on any atom is 0.408 e. The Kier molecular flexibility index (Phi) is 8.11. The molecule has 1 amide bonds. The lowest BCUT2D eigenvalue weighted by molar-refractivity contribution is -0.149. The molecule has 1 aromatic carbocycles. The molecule has 1 aromatic rings. The van der Waals surface area contributed by atoms with Crippen LogP contribution in [0, 0.1) is 0 Å². The number of hydrogen-bond acceptors (Lipinski definition) is 4. The Morgan fingerprint density at radius 3 is 2.14 bits per heavy atom. The van der Waals surface area contributed by atoms with Gasteiger partial charge in [-0.05, 0) is 45.2 Å². The first-order valence-electron chi connectivity index (χ1n) is 10.3. The van der Waals surface area contributed by atoms with Crippen molar-refractivity contribution in [2.45, 2.75) is 97.7 Å². The predicted molar refractivity (Wildman–Crippen MR) is 121 cm³/mol. The number of esters is 1. The lowest BCUT2D eigenvalue weighted by atomic mass is 10.1. The molecule has 0 saturated heterocycles. The summed E-state index contributed by atoms with van der Waals surface area (Å²) in [6.45, 7) is 20.5. The van der Waals surface area contributed by atoms with Crippen LogP contribution in [0.2, 0.25) is 18.1 Å². The number of nitrogens with one attached hydrogen (secondary N) is 1. The van der Waals surface area contributed by atoms with Crippen LogP contribution < -0.4 is 10.5 Å². The van der Waals surface area contributed by atoms with Gasteiger partial charge in [0.05, 0.1) is 14.2 Å². The van der Waals surface area contributed by atoms with Crippen LogP contribution in [-0.4, -0.2) is 37.9 Å². The Morgan fingerprint density at radius 2 is 1.66 bits per heavy atom. The van der Waals surface area contributed by atoms with Gasteiger partial charge in [0.2, 0.25) is 0 Å². The molecule has 0 spiro atoms. The molecule has 0 radical (unpaired) electrons. The van der Waals surface area contributed by atoms with Crippen molar-refractivity contribution in [3.05, 3.63) is 29.8 Å². The number of rotatable bonds is 6. The lowest BCUT2D eigenvalue weighted by Crippen LogP contribution is -2.50. The van der Waals surface area contributed by atoms with Gasteiger partial charge >= 0.3 is 12.1 Å². The molecule has 5 nitrogen and oxygen atoms in total. The summed E-state index contributed by atoms with van der Waals surface area (Å²) in [7, 11) is -1.71. The molecule has 164 valence electrons. The normalized spacial score (nSPS) is 13.8. The molecule has 0 aliphatic rings. The highest BCUT2D eigenvalue weighted by atomic mass is 28.3. The molecule has 1 unspecified atom stereocenters. The Morgan fingerprint density at radius 1 is 1.07 bits per heavy atom. The average Bonchev–Trinajstić information content (AvgIpc) is 2.51. The first-order valence-corrected chi connectivity index (χ1v) is 13.3. The summed E-state index contributed by atoms with van der Waals surface area (Å²) in [5.41, 5.74) is 0.354. The van der Waals surface area contributed by atoms with Crippen molar-refractivity contribution in [3.63, 3.8) is 0 Å². The second kappa shape index (κ2) is 9.33. The first kappa shape index (κ1) is 25.2. The van der Waals surface area contributed by atoms with Crippen molar-refractivity contribution in [2.75, 3.05) is 0 Å². The van der Waals surface area contributed by atoms with Crippen LogP contribution in [0.1, 0.15) is 61.0 Å². The fourth-order valence-electron chi connectivity index (χ4n) is 2.71. The molecular formula is C23H39NO4Si. The fraction of sp³-hybridized carbons (Fsp3) is 0.652. The van der Waals surface area contributed by atoms with Crippen molar-refractivity contribution in [3.8, 4) is 0 Å². The van der Waals surface area contributed by atoms with E-state index in [0.29, 0.717) is 6.42 Å². The van der Waals surface area contributed by atoms with E-state index in [1.54, 1.807) is 34.6 Å². The highest BCUT2D eigenvalue weighted by molar-refractivity contribution is 6.92. The van der Waals surface area contributed by atoms with Gasteiger partial charge in [-0.3, -0.25) is 0 Å². The second-order valence-electron chi connectivity index (χ2n) is 10.5. The molecule has 1 N–H and O–H groups in total. The lowest BCUT2D eigenvalue weighted by Gasteiger charge is -2.37. The Hall–Kier alpha value is -1.82. The van der Waals surface area contributed by atoms with E-state index in [9.17, 15) is 9.59 Å². The maximum atomic E-state index is 12.6. The van der Waals surface area contributed by atoms with Crippen LogP contribution >= 0.6 is 0 Å². The van der Waals surface area contributed by atoms with Crippen molar-refractivity contribution in [1.29, 1.82) is 0 Å². The average molecular weight is 422 g/mol. The van der Waals surface area contributed by atoms with Gasteiger partial charge in [-0.25, -0.2) is 9.59 Å². The Bertz CT molecular complexity index is 714. The van der Waals surface area contributed by atoms with E-state index in [1.807, 2.05) is 12.1 Å². The van der Waals surface area contributed by atoms with Crippen LogP contribution in [0.25, 0.3) is 0 Å². The van der Waals surface area contributed by atoms with Gasteiger partial charge in [0.15, 0.2) is 0 Å². The van der Waals surface area contributed by atoms with E-state index in [2.05, 4.69) is 51.3 Å². The predicted octanol–water partition coefficient (Wildman–Crippen LogP) is 4.79. The highest BCUT2D eigenvalue weighted by Crippen LogP contribution is 2.35. The first-order chi connectivity index (χ1) is 13.0. The molecule has 1 rings (SSSR count). The minimum absolute atomic E-state index is 0.205. The molecule has 29 heavy (non-hydrogen) atoms. The highest BCUT2D eigenvalue weighted by Gasteiger charge is 2.37. The molecule has 0 aliphatic carbocycles. The molecular weight excluding hydrogens is 382 g/mol. The van der Waals surface area contributed by atoms with Gasteiger partial charge < -0.3 is 14.8 Å². The summed E-state index contributed by atoms with van der Waals surface area (Å²) >= 11 is 0. The largest absolute Gasteiger partial charge is 0.461 e. The number of ether oxygens (including phenoxy) is 2. The maximum absolute atomic E-state index is 12.6. The van der Waals surface area contributed by atoms with E-state index in [0.717, 1.165) is 5.56 Å². The van der Waals surface area contributed by atoms with Gasteiger partial charge in [-0.1, -0.05) is 63.3 Å². The summed E-state index contributed by atoms with van der Waals surface area (Å²) in [4.78, 5) is 24.9. The Balaban J connectivity index is 3.11. The van der Waals surface area contributed by atoms with Crippen LogP contribution in [0.15, 0.2) is 24.3 Å². The minimum atomic E-state index is -1.71. The van der Waals surface area contributed by atoms with Crippen LogP contribution in [0.5, 0.6) is 0 Å². The van der Waals surface area contributed by atoms with E-state index >= 15 is 0 Å². The summed E-state index contributed by atoms with van der Waals surface area (Å²) in [5.74, 6) is -0.455. The summed E-state index contributed by atoms with van der Waals surface area (Å²) in [6, 6.07) is 7.56. The van der Waals surface area contributed by atoms with Crippen molar-refractivity contribution in [1.82, 2.24) is 5.32 Å². The number of alkyl carbamates (subject to hydrolysis) is 1. The monoisotopic (exact) mass is 421 g/mol. The SMILES string of the molecule is CC(C)OC(=O)C(Cc1cccc([Si](C)(C)C(C)(C)C)c1)NC(=O)OC(C)(C)C. The number of hydrogen-bond donors (Lipinski definition) is 1. The topological polar surface area (TPSA) is 64.6 Å². The molecule has 0 heterocycles. The quantitative estimate of drug-likeness (QED) is 0.530. The van der Waals surface area contributed by atoms with Crippen molar-refractivity contribution >= 4 is 25.3 Å². The molecule has 0 aromatic heterocycles. The molecule has 0 bridgehead atoms. The standard InChI is InChI=1S/C23H39NO4Si/c1-16(2)27-20(25)19(24-21(26)28-22(3,4)5)15-17-12-11-13-18(14-17)29(9,10)23(6,7)8/h11-14,16,19H,15H2,1-10H3,(H,24,26). The molecule has 6 heteroatoms. The number of amides is 1. The molecule has 0 fully saturated rings. The smallest absolute Gasteiger partial charge is 0.408 e. The van der Waals surface area contributed by atoms with E-state index in [1.165, 1.54) is 5.19 Å². The number of carbonyl (C=O) groups is 2. The molecule has 0 saturated carbocycles. The molecule has 1 atom stereocenters. The summed E-state index contributed by atoms with van der Waals surface area (Å²) in [6.07, 6.45) is -0.527. The summed E-state index contributed by atoms with van der Waals surface area (Å²) in [5, 5.41) is 4.23. The Labute approximate surface area is 177 Å². The van der Waals surface area contributed by atoms with Gasteiger partial charge in [0.1, 0.15) is 11.6 Å². The third-order valence-corrected chi connectivity index (χ3v) is 10.8. The number of benzene rings is 1. The zero-order chi connectivity index (χ0) is 22.6. The zero-order valence-corrected chi connectivity index (χ0v) is 20.8. The number of carbonyl (C=O) groups excluding carboxylic acids is 2. The van der Waals surface area contributed by atoms with Crippen LogP contribution in [0.4, 0.5) is 4.79 Å². The van der Waals surface area contributed by atoms with E-state index in [4.69, 9.17) is 9.47 Å².